The van der Waals surface area contributed by atoms with E-state index in [4.69, 9.17) is 0 Å². The number of hydrogen-bond donors (Lipinski definition) is 2. The van der Waals surface area contributed by atoms with Crippen LogP contribution in [0.25, 0.3) is 11.0 Å². The number of hydrazone groups is 1. The van der Waals surface area contributed by atoms with Crippen molar-refractivity contribution >= 4 is 23.2 Å². The van der Waals surface area contributed by atoms with Gasteiger partial charge in [-0.25, -0.2) is 10.4 Å². The number of carbonyl (C=O) groups excluding carboxylic acids is 1. The van der Waals surface area contributed by atoms with Crippen molar-refractivity contribution in [2.24, 2.45) is 11.0 Å². The Bertz CT molecular complexity index is 885. The predicted molar refractivity (Wildman–Crippen MR) is 92.7 cm³/mol. The van der Waals surface area contributed by atoms with Crippen LogP contribution in [0.2, 0.25) is 0 Å². The Morgan fingerprint density at radius 3 is 3.00 bits per heavy atom. The molecule has 0 unspecified atom stereocenters. The van der Waals surface area contributed by atoms with Gasteiger partial charge in [-0.2, -0.15) is 5.10 Å². The van der Waals surface area contributed by atoms with Gasteiger partial charge in [0, 0.05) is 6.54 Å². The fraction of sp³-hybridized carbons (Fsp3) is 0.167. The second kappa shape index (κ2) is 6.95. The number of fused-ring (bicyclic) bond motifs is 1. The van der Waals surface area contributed by atoms with Crippen LogP contribution in [-0.2, 0) is 11.3 Å². The molecule has 1 heterocycles. The van der Waals surface area contributed by atoms with Gasteiger partial charge < -0.3 is 9.67 Å². The molecule has 0 bridgehead atoms. The Morgan fingerprint density at radius 1 is 1.33 bits per heavy atom. The van der Waals surface area contributed by atoms with Crippen LogP contribution in [0.1, 0.15) is 12.5 Å². The number of nitrogens with one attached hydrogen (secondary N) is 1. The third kappa shape index (κ3) is 3.60. The number of phenolic OH excluding ortho intramolecular Hbond substituents is 1. The molecule has 6 nitrogen and oxygen atoms in total. The van der Waals surface area contributed by atoms with Gasteiger partial charge in [0.2, 0.25) is 5.91 Å². The van der Waals surface area contributed by atoms with E-state index in [0.29, 0.717) is 12.1 Å². The molecular weight excluding hydrogens is 304 g/mol. The summed E-state index contributed by atoms with van der Waals surface area (Å²) in [5, 5.41) is 13.3. The minimum Gasteiger partial charge on any atom is -0.508 e. The fourth-order valence-corrected chi connectivity index (χ4v) is 2.42. The highest BCUT2D eigenvalue weighted by molar-refractivity contribution is 5.83. The number of rotatable bonds is 5. The number of imidazole rings is 1. The highest BCUT2D eigenvalue weighted by Gasteiger charge is 2.14. The molecule has 1 atom stereocenters. The number of amides is 1. The minimum absolute atomic E-state index is 0.158. The van der Waals surface area contributed by atoms with Crippen molar-refractivity contribution in [3.05, 3.63) is 60.4 Å². The van der Waals surface area contributed by atoms with Gasteiger partial charge in [0.15, 0.2) is 0 Å². The molecule has 0 fully saturated rings. The zero-order chi connectivity index (χ0) is 16.9. The molecule has 0 aliphatic carbocycles. The van der Waals surface area contributed by atoms with E-state index in [1.54, 1.807) is 30.6 Å². The molecular formula is C18H18N4O2. The van der Waals surface area contributed by atoms with E-state index in [2.05, 4.69) is 15.5 Å². The van der Waals surface area contributed by atoms with Gasteiger partial charge in [-0.15, -0.1) is 0 Å². The topological polar surface area (TPSA) is 79.5 Å². The number of aromatic hydroxyl groups is 1. The molecule has 1 aromatic heterocycles. The first-order valence-corrected chi connectivity index (χ1v) is 7.65. The lowest BCUT2D eigenvalue weighted by molar-refractivity contribution is -0.124. The number of aromatic nitrogens is 2. The Hall–Kier alpha value is -3.15. The number of hydrogen-bond acceptors (Lipinski definition) is 4. The van der Waals surface area contributed by atoms with E-state index in [1.165, 1.54) is 6.21 Å². The maximum Gasteiger partial charge on any atom is 0.244 e. The minimum atomic E-state index is -0.260. The molecule has 0 aliphatic rings. The molecule has 24 heavy (non-hydrogen) atoms. The van der Waals surface area contributed by atoms with E-state index in [-0.39, 0.29) is 17.6 Å². The normalized spacial score (nSPS) is 12.5. The van der Waals surface area contributed by atoms with Crippen LogP contribution in [0.5, 0.6) is 5.75 Å². The summed E-state index contributed by atoms with van der Waals surface area (Å²) < 4.78 is 1.96. The second-order valence-corrected chi connectivity index (χ2v) is 5.62. The van der Waals surface area contributed by atoms with E-state index < -0.39 is 0 Å². The molecule has 2 N–H and O–H groups in total. The molecule has 1 amide bonds. The van der Waals surface area contributed by atoms with Crippen molar-refractivity contribution in [1.29, 1.82) is 0 Å². The van der Waals surface area contributed by atoms with Crippen LogP contribution in [-0.4, -0.2) is 26.8 Å². The van der Waals surface area contributed by atoms with Crippen molar-refractivity contribution in [2.75, 3.05) is 0 Å². The smallest absolute Gasteiger partial charge is 0.244 e. The summed E-state index contributed by atoms with van der Waals surface area (Å²) in [7, 11) is 0. The zero-order valence-electron chi connectivity index (χ0n) is 13.3. The number of phenols is 1. The summed E-state index contributed by atoms with van der Waals surface area (Å²) in [5.41, 5.74) is 5.15. The first-order valence-electron chi connectivity index (χ1n) is 7.65. The summed E-state index contributed by atoms with van der Waals surface area (Å²) in [6.45, 7) is 2.36. The Kier molecular flexibility index (Phi) is 4.56. The van der Waals surface area contributed by atoms with Crippen LogP contribution in [0.15, 0.2) is 60.0 Å². The quantitative estimate of drug-likeness (QED) is 0.559. The van der Waals surface area contributed by atoms with E-state index in [0.717, 1.165) is 11.0 Å². The number of benzene rings is 2. The van der Waals surface area contributed by atoms with Crippen molar-refractivity contribution < 1.29 is 9.90 Å². The zero-order valence-corrected chi connectivity index (χ0v) is 13.3. The predicted octanol–water partition coefficient (Wildman–Crippen LogP) is 2.53. The largest absolute Gasteiger partial charge is 0.508 e. The Balaban J connectivity index is 1.60. The van der Waals surface area contributed by atoms with Crippen molar-refractivity contribution in [1.82, 2.24) is 15.0 Å². The molecule has 0 saturated heterocycles. The van der Waals surface area contributed by atoms with Gasteiger partial charge in [-0.3, -0.25) is 4.79 Å². The second-order valence-electron chi connectivity index (χ2n) is 5.62. The van der Waals surface area contributed by atoms with Gasteiger partial charge in [0.25, 0.3) is 0 Å². The van der Waals surface area contributed by atoms with Crippen molar-refractivity contribution in [2.45, 2.75) is 13.5 Å². The highest BCUT2D eigenvalue weighted by atomic mass is 16.3. The first kappa shape index (κ1) is 15.7. The van der Waals surface area contributed by atoms with E-state index >= 15 is 0 Å². The van der Waals surface area contributed by atoms with Gasteiger partial charge in [0.05, 0.1) is 29.5 Å². The average molecular weight is 322 g/mol. The Labute approximate surface area is 139 Å². The average Bonchev–Trinajstić information content (AvgIpc) is 2.98. The summed E-state index contributed by atoms with van der Waals surface area (Å²) in [6.07, 6.45) is 3.24. The van der Waals surface area contributed by atoms with Gasteiger partial charge in [0.1, 0.15) is 5.75 Å². The molecule has 122 valence electrons. The first-order chi connectivity index (χ1) is 11.6. The summed E-state index contributed by atoms with van der Waals surface area (Å²) in [5.74, 6) is -0.279. The Morgan fingerprint density at radius 2 is 2.17 bits per heavy atom. The number of nitrogens with zero attached hydrogens (tertiary/aromatic N) is 3. The third-order valence-corrected chi connectivity index (χ3v) is 3.70. The summed E-state index contributed by atoms with van der Waals surface area (Å²) in [6, 6.07) is 14.5. The van der Waals surface area contributed by atoms with E-state index in [1.807, 2.05) is 35.8 Å². The highest BCUT2D eigenvalue weighted by Crippen LogP contribution is 2.14. The van der Waals surface area contributed by atoms with Crippen LogP contribution < -0.4 is 5.43 Å². The lowest BCUT2D eigenvalue weighted by atomic mass is 10.1. The molecule has 0 saturated carbocycles. The van der Waals surface area contributed by atoms with Gasteiger partial charge >= 0.3 is 0 Å². The standard InChI is InChI=1S/C18H18N4O2/c1-13(11-22-12-19-16-7-2-3-8-17(16)22)18(24)21-20-10-14-5-4-6-15(23)9-14/h2-10,12-13,23H,11H2,1H3,(H,21,24)/b20-10-/t13-/m0/s1. The fourth-order valence-electron chi connectivity index (χ4n) is 2.42. The molecule has 2 aromatic carbocycles. The maximum atomic E-state index is 12.2. The monoisotopic (exact) mass is 322 g/mol. The summed E-state index contributed by atoms with van der Waals surface area (Å²) >= 11 is 0. The lowest BCUT2D eigenvalue weighted by Gasteiger charge is -2.11. The van der Waals surface area contributed by atoms with Crippen LogP contribution >= 0.6 is 0 Å². The molecule has 0 aliphatic heterocycles. The number of carbonyl (C=O) groups is 1. The van der Waals surface area contributed by atoms with Crippen molar-refractivity contribution in [3.8, 4) is 5.75 Å². The summed E-state index contributed by atoms with van der Waals surface area (Å²) in [4.78, 5) is 16.5. The van der Waals surface area contributed by atoms with Crippen molar-refractivity contribution in [3.63, 3.8) is 0 Å². The molecule has 6 heteroatoms. The van der Waals surface area contributed by atoms with Crippen LogP contribution in [0.4, 0.5) is 0 Å². The lowest BCUT2D eigenvalue weighted by Crippen LogP contribution is -2.27. The molecule has 3 aromatic rings. The van der Waals surface area contributed by atoms with E-state index in [9.17, 15) is 9.90 Å². The van der Waals surface area contributed by atoms with Crippen LogP contribution in [0.3, 0.4) is 0 Å². The maximum absolute atomic E-state index is 12.2. The van der Waals surface area contributed by atoms with Gasteiger partial charge in [-0.05, 0) is 29.8 Å². The molecule has 0 spiro atoms. The van der Waals surface area contributed by atoms with Gasteiger partial charge in [-0.1, -0.05) is 31.2 Å². The third-order valence-electron chi connectivity index (χ3n) is 3.70. The number of para-hydroxylation sites is 2. The SMILES string of the molecule is C[C@@H](Cn1cnc2ccccc21)C(=O)N/N=C\c1cccc(O)c1. The molecule has 3 rings (SSSR count). The molecule has 0 radical (unpaired) electrons. The van der Waals surface area contributed by atoms with Crippen LogP contribution in [0, 0.1) is 5.92 Å².